The summed E-state index contributed by atoms with van der Waals surface area (Å²) in [5, 5.41) is 5.71. The van der Waals surface area contributed by atoms with Gasteiger partial charge in [-0.1, -0.05) is 17.7 Å². The summed E-state index contributed by atoms with van der Waals surface area (Å²) in [6, 6.07) is 9.50. The smallest absolute Gasteiger partial charge is 0.256 e. The van der Waals surface area contributed by atoms with Gasteiger partial charge in [0.15, 0.2) is 0 Å². The third kappa shape index (κ3) is 2.60. The van der Waals surface area contributed by atoms with Gasteiger partial charge in [-0.3, -0.25) is 9.59 Å². The third-order valence-corrected chi connectivity index (χ3v) is 3.89. The molecule has 0 saturated heterocycles. The maximum Gasteiger partial charge on any atom is 0.256 e. The van der Waals surface area contributed by atoms with Gasteiger partial charge in [0.05, 0.1) is 6.42 Å². The van der Waals surface area contributed by atoms with Crippen molar-refractivity contribution in [3.05, 3.63) is 58.1 Å². The van der Waals surface area contributed by atoms with E-state index in [0.29, 0.717) is 17.7 Å². The second-order valence-electron chi connectivity index (χ2n) is 5.82. The Bertz CT molecular complexity index is 771. The average molecular weight is 294 g/mol. The lowest BCUT2D eigenvalue weighted by atomic mass is 9.99. The molecule has 0 bridgehead atoms. The third-order valence-electron chi connectivity index (χ3n) is 3.89. The Labute approximate surface area is 129 Å². The van der Waals surface area contributed by atoms with Gasteiger partial charge in [0.1, 0.15) is 0 Å². The zero-order valence-corrected chi connectivity index (χ0v) is 12.9. The van der Waals surface area contributed by atoms with Gasteiger partial charge in [-0.25, -0.2) is 0 Å². The lowest BCUT2D eigenvalue weighted by Gasteiger charge is -2.12. The van der Waals surface area contributed by atoms with E-state index in [-0.39, 0.29) is 11.8 Å². The van der Waals surface area contributed by atoms with Crippen molar-refractivity contribution in [3.8, 4) is 0 Å². The predicted molar refractivity (Wildman–Crippen MR) is 87.4 cm³/mol. The van der Waals surface area contributed by atoms with Crippen molar-refractivity contribution in [2.45, 2.75) is 27.2 Å². The Morgan fingerprint density at radius 3 is 2.45 bits per heavy atom. The van der Waals surface area contributed by atoms with Crippen LogP contribution in [0.2, 0.25) is 0 Å². The zero-order valence-electron chi connectivity index (χ0n) is 12.9. The van der Waals surface area contributed by atoms with Crippen molar-refractivity contribution in [2.24, 2.45) is 0 Å². The molecule has 2 aromatic carbocycles. The number of anilines is 2. The summed E-state index contributed by atoms with van der Waals surface area (Å²) in [4.78, 5) is 23.9. The van der Waals surface area contributed by atoms with Gasteiger partial charge in [0.25, 0.3) is 5.91 Å². The van der Waals surface area contributed by atoms with Gasteiger partial charge >= 0.3 is 0 Å². The Hall–Kier alpha value is -2.62. The number of carbonyl (C=O) groups is 2. The Balaban J connectivity index is 1.87. The molecule has 0 spiro atoms. The molecule has 112 valence electrons. The van der Waals surface area contributed by atoms with Gasteiger partial charge < -0.3 is 10.6 Å². The first-order valence-electron chi connectivity index (χ1n) is 7.26. The minimum Gasteiger partial charge on any atom is -0.326 e. The molecular formula is C18H18N2O2. The number of hydrogen-bond donors (Lipinski definition) is 2. The number of hydrogen-bond acceptors (Lipinski definition) is 2. The lowest BCUT2D eigenvalue weighted by Crippen LogP contribution is -2.15. The topological polar surface area (TPSA) is 58.2 Å². The van der Waals surface area contributed by atoms with E-state index < -0.39 is 0 Å². The maximum absolute atomic E-state index is 12.5. The fourth-order valence-corrected chi connectivity index (χ4v) is 3.04. The van der Waals surface area contributed by atoms with Crippen molar-refractivity contribution >= 4 is 23.2 Å². The van der Waals surface area contributed by atoms with Crippen molar-refractivity contribution < 1.29 is 9.59 Å². The highest BCUT2D eigenvalue weighted by Crippen LogP contribution is 2.26. The molecule has 1 aliphatic heterocycles. The van der Waals surface area contributed by atoms with Gasteiger partial charge in [0, 0.05) is 16.9 Å². The molecule has 22 heavy (non-hydrogen) atoms. The molecule has 4 heteroatoms. The fraction of sp³-hybridized carbons (Fsp3) is 0.222. The summed E-state index contributed by atoms with van der Waals surface area (Å²) in [7, 11) is 0. The summed E-state index contributed by atoms with van der Waals surface area (Å²) in [6.45, 7) is 5.91. The fourth-order valence-electron chi connectivity index (χ4n) is 3.04. The van der Waals surface area contributed by atoms with E-state index in [4.69, 9.17) is 0 Å². The van der Waals surface area contributed by atoms with Crippen LogP contribution in [0.4, 0.5) is 11.4 Å². The van der Waals surface area contributed by atoms with Crippen LogP contribution >= 0.6 is 0 Å². The predicted octanol–water partition coefficient (Wildman–Crippen LogP) is 3.36. The second-order valence-corrected chi connectivity index (χ2v) is 5.82. The summed E-state index contributed by atoms with van der Waals surface area (Å²) in [6.07, 6.45) is 0.363. The van der Waals surface area contributed by atoms with Crippen molar-refractivity contribution in [3.63, 3.8) is 0 Å². The van der Waals surface area contributed by atoms with Crippen LogP contribution in [0.5, 0.6) is 0 Å². The highest BCUT2D eigenvalue weighted by Gasteiger charge is 2.19. The number of amides is 2. The zero-order chi connectivity index (χ0) is 15.9. The van der Waals surface area contributed by atoms with E-state index in [0.717, 1.165) is 27.9 Å². The van der Waals surface area contributed by atoms with Crippen molar-refractivity contribution in [1.29, 1.82) is 0 Å². The largest absolute Gasteiger partial charge is 0.326 e. The van der Waals surface area contributed by atoms with Gasteiger partial charge in [-0.05, 0) is 55.7 Å². The summed E-state index contributed by atoms with van der Waals surface area (Å²) < 4.78 is 0. The quantitative estimate of drug-likeness (QED) is 0.892. The summed E-state index contributed by atoms with van der Waals surface area (Å²) >= 11 is 0. The first-order chi connectivity index (χ1) is 10.4. The minimum absolute atomic E-state index is 0.0105. The number of aryl methyl sites for hydroxylation is 3. The van der Waals surface area contributed by atoms with E-state index in [2.05, 4.69) is 10.6 Å². The molecule has 0 unspecified atom stereocenters. The van der Waals surface area contributed by atoms with Gasteiger partial charge in [-0.2, -0.15) is 0 Å². The number of benzene rings is 2. The van der Waals surface area contributed by atoms with Crippen molar-refractivity contribution in [2.75, 3.05) is 10.6 Å². The number of rotatable bonds is 2. The lowest BCUT2D eigenvalue weighted by molar-refractivity contribution is -0.115. The highest BCUT2D eigenvalue weighted by atomic mass is 16.2. The molecule has 0 fully saturated rings. The van der Waals surface area contributed by atoms with Gasteiger partial charge in [-0.15, -0.1) is 0 Å². The Kier molecular flexibility index (Phi) is 3.45. The molecule has 0 saturated carbocycles. The number of carbonyl (C=O) groups excluding carboxylic acids is 2. The molecule has 2 amide bonds. The number of fused-ring (bicyclic) bond motifs is 1. The SMILES string of the molecule is Cc1cc(C)c(C(=O)Nc2ccc3c(c2)CC(=O)N3)c(C)c1. The first kappa shape index (κ1) is 14.3. The number of nitrogens with one attached hydrogen (secondary N) is 2. The molecule has 4 nitrogen and oxygen atoms in total. The van der Waals surface area contributed by atoms with E-state index in [9.17, 15) is 9.59 Å². The van der Waals surface area contributed by atoms with Crippen LogP contribution in [0.25, 0.3) is 0 Å². The van der Waals surface area contributed by atoms with E-state index in [1.165, 1.54) is 0 Å². The first-order valence-corrected chi connectivity index (χ1v) is 7.26. The maximum atomic E-state index is 12.5. The summed E-state index contributed by atoms with van der Waals surface area (Å²) in [5.74, 6) is -0.129. The Morgan fingerprint density at radius 2 is 1.77 bits per heavy atom. The molecule has 1 heterocycles. The summed E-state index contributed by atoms with van der Waals surface area (Å²) in [5.41, 5.74) is 6.24. The molecule has 2 aromatic rings. The molecule has 1 aliphatic rings. The molecule has 0 radical (unpaired) electrons. The van der Waals surface area contributed by atoms with Crippen LogP contribution in [-0.4, -0.2) is 11.8 Å². The molecule has 0 atom stereocenters. The normalized spacial score (nSPS) is 12.8. The van der Waals surface area contributed by atoms with E-state index in [1.807, 2.05) is 45.0 Å². The van der Waals surface area contributed by atoms with Crippen molar-refractivity contribution in [1.82, 2.24) is 0 Å². The monoisotopic (exact) mass is 294 g/mol. The van der Waals surface area contributed by atoms with Crippen LogP contribution in [0.1, 0.15) is 32.6 Å². The van der Waals surface area contributed by atoms with Crippen LogP contribution in [0.15, 0.2) is 30.3 Å². The highest BCUT2D eigenvalue weighted by molar-refractivity contribution is 6.07. The van der Waals surface area contributed by atoms with Crippen LogP contribution in [0.3, 0.4) is 0 Å². The Morgan fingerprint density at radius 1 is 1.09 bits per heavy atom. The molecule has 0 aliphatic carbocycles. The standard InChI is InChI=1S/C18H18N2O2/c1-10-6-11(2)17(12(3)7-10)18(22)19-14-4-5-15-13(8-14)9-16(21)20-15/h4-8H,9H2,1-3H3,(H,19,22)(H,20,21). The van der Waals surface area contributed by atoms with E-state index in [1.54, 1.807) is 6.07 Å². The minimum atomic E-state index is -0.118. The average Bonchev–Trinajstić information content (AvgIpc) is 2.76. The molecule has 3 rings (SSSR count). The molecule has 2 N–H and O–H groups in total. The molecule has 0 aromatic heterocycles. The second kappa shape index (κ2) is 5.30. The van der Waals surface area contributed by atoms with Crippen LogP contribution in [0, 0.1) is 20.8 Å². The van der Waals surface area contributed by atoms with E-state index >= 15 is 0 Å². The van der Waals surface area contributed by atoms with Gasteiger partial charge in [0.2, 0.25) is 5.91 Å². The van der Waals surface area contributed by atoms with Crippen LogP contribution in [-0.2, 0) is 11.2 Å². The molecular weight excluding hydrogens is 276 g/mol. The van der Waals surface area contributed by atoms with Crippen LogP contribution < -0.4 is 10.6 Å².